The molecule has 3 rings (SSSR count). The highest BCUT2D eigenvalue weighted by Crippen LogP contribution is 2.42. The van der Waals surface area contributed by atoms with Gasteiger partial charge in [-0.3, -0.25) is 0 Å². The number of hydrogen-bond donors (Lipinski definition) is 2. The van der Waals surface area contributed by atoms with E-state index >= 15 is 0 Å². The molecule has 24 heavy (non-hydrogen) atoms. The van der Waals surface area contributed by atoms with Gasteiger partial charge in [-0.25, -0.2) is 0 Å². The molecule has 1 aliphatic heterocycles. The maximum atomic E-state index is 10.8. The highest BCUT2D eigenvalue weighted by molar-refractivity contribution is 7.80. The Morgan fingerprint density at radius 1 is 1.25 bits per heavy atom. The maximum Gasteiger partial charge on any atom is 0.130 e. The van der Waals surface area contributed by atoms with Gasteiger partial charge in [0.1, 0.15) is 17.5 Å². The molecule has 2 N–H and O–H groups in total. The van der Waals surface area contributed by atoms with E-state index in [0.717, 1.165) is 11.3 Å². The molecule has 2 aromatic carbocycles. The molecule has 1 aliphatic rings. The number of nitrogens with zero attached hydrogens (tertiary/aromatic N) is 1. The molecule has 0 bridgehead atoms. The second-order valence-electron chi connectivity index (χ2n) is 6.35. The number of benzene rings is 2. The molecule has 0 spiro atoms. The molecule has 4 nitrogen and oxygen atoms in total. The fourth-order valence-electron chi connectivity index (χ4n) is 2.90. The number of ether oxygens (including phenoxy) is 1. The van der Waals surface area contributed by atoms with Gasteiger partial charge in [-0.15, -0.1) is 0 Å². The van der Waals surface area contributed by atoms with Crippen LogP contribution < -0.4 is 10.1 Å². The van der Waals surface area contributed by atoms with Crippen LogP contribution >= 0.6 is 12.2 Å². The van der Waals surface area contributed by atoms with E-state index in [9.17, 15) is 5.11 Å². The van der Waals surface area contributed by atoms with Crippen molar-refractivity contribution in [1.82, 2.24) is 0 Å². The van der Waals surface area contributed by atoms with Crippen molar-refractivity contribution in [2.24, 2.45) is 0 Å². The van der Waals surface area contributed by atoms with Crippen LogP contribution in [0.2, 0.25) is 0 Å². The van der Waals surface area contributed by atoms with Crippen molar-refractivity contribution in [2.45, 2.75) is 31.5 Å². The zero-order valence-corrected chi connectivity index (χ0v) is 14.3. The molecule has 1 heterocycles. The summed E-state index contributed by atoms with van der Waals surface area (Å²) in [5, 5.41) is 23.2. The molecule has 0 unspecified atom stereocenters. The van der Waals surface area contributed by atoms with Crippen LogP contribution in [0.5, 0.6) is 5.75 Å². The summed E-state index contributed by atoms with van der Waals surface area (Å²) in [5.41, 5.74) is 1.32. The Morgan fingerprint density at radius 3 is 2.62 bits per heavy atom. The van der Waals surface area contributed by atoms with Crippen LogP contribution in [0.25, 0.3) is 0 Å². The predicted octanol–water partition coefficient (Wildman–Crippen LogP) is 3.61. The van der Waals surface area contributed by atoms with Crippen LogP contribution in [0.3, 0.4) is 0 Å². The normalized spacial score (nSPS) is 21.1. The van der Waals surface area contributed by atoms with E-state index < -0.39 is 17.6 Å². The summed E-state index contributed by atoms with van der Waals surface area (Å²) < 4.78 is 5.91. The van der Waals surface area contributed by atoms with Crippen LogP contribution in [0.15, 0.2) is 48.5 Å². The average molecular weight is 338 g/mol. The van der Waals surface area contributed by atoms with Gasteiger partial charge in [0.2, 0.25) is 0 Å². The standard InChI is InChI=1S/C19H18N2O2S/c1-19(2)17(22)16(18(24)21-13-6-4-3-5-7-13)14-10-12(11-20)8-9-15(14)23-19/h3-10,16-17,22H,1-2H3,(H,21,24)/t16-,17-/m1/s1. The molecular formula is C19H18N2O2S. The van der Waals surface area contributed by atoms with E-state index in [0.29, 0.717) is 16.3 Å². The molecule has 2 atom stereocenters. The van der Waals surface area contributed by atoms with Crippen LogP contribution in [-0.2, 0) is 0 Å². The number of nitriles is 1. The predicted molar refractivity (Wildman–Crippen MR) is 97.3 cm³/mol. The van der Waals surface area contributed by atoms with Crippen molar-refractivity contribution in [3.63, 3.8) is 0 Å². The van der Waals surface area contributed by atoms with Crippen molar-refractivity contribution < 1.29 is 9.84 Å². The number of aliphatic hydroxyl groups is 1. The van der Waals surface area contributed by atoms with Crippen molar-refractivity contribution in [1.29, 1.82) is 5.26 Å². The number of rotatable bonds is 2. The number of thiocarbonyl (C=S) groups is 1. The Kier molecular flexibility index (Phi) is 4.27. The first-order valence-electron chi connectivity index (χ1n) is 7.69. The lowest BCUT2D eigenvalue weighted by atomic mass is 9.80. The molecule has 0 amide bonds. The van der Waals surface area contributed by atoms with Gasteiger partial charge in [0.25, 0.3) is 0 Å². The van der Waals surface area contributed by atoms with E-state index in [1.54, 1.807) is 18.2 Å². The average Bonchev–Trinajstić information content (AvgIpc) is 2.56. The van der Waals surface area contributed by atoms with Crippen molar-refractivity contribution >= 4 is 22.9 Å². The van der Waals surface area contributed by atoms with Gasteiger partial charge < -0.3 is 15.2 Å². The highest BCUT2D eigenvalue weighted by Gasteiger charge is 2.44. The lowest BCUT2D eigenvalue weighted by Gasteiger charge is -2.42. The van der Waals surface area contributed by atoms with Crippen molar-refractivity contribution in [3.8, 4) is 11.8 Å². The Labute approximate surface area is 146 Å². The van der Waals surface area contributed by atoms with Gasteiger partial charge in [0, 0.05) is 11.3 Å². The number of para-hydroxylation sites is 1. The molecule has 0 fully saturated rings. The van der Waals surface area contributed by atoms with E-state index in [1.807, 2.05) is 44.2 Å². The van der Waals surface area contributed by atoms with E-state index in [4.69, 9.17) is 22.2 Å². The van der Waals surface area contributed by atoms with Crippen molar-refractivity contribution in [2.75, 3.05) is 5.32 Å². The van der Waals surface area contributed by atoms with E-state index in [1.165, 1.54) is 0 Å². The summed E-state index contributed by atoms with van der Waals surface area (Å²) in [6.45, 7) is 3.66. The van der Waals surface area contributed by atoms with Gasteiger partial charge in [-0.05, 0) is 44.2 Å². The zero-order valence-electron chi connectivity index (χ0n) is 13.5. The Balaban J connectivity index is 2.01. The quantitative estimate of drug-likeness (QED) is 0.819. The summed E-state index contributed by atoms with van der Waals surface area (Å²) >= 11 is 5.58. The Hall–Kier alpha value is -2.42. The maximum absolute atomic E-state index is 10.8. The van der Waals surface area contributed by atoms with Crippen LogP contribution in [0.4, 0.5) is 5.69 Å². The fraction of sp³-hybridized carbons (Fsp3) is 0.263. The third-order valence-electron chi connectivity index (χ3n) is 4.20. The third kappa shape index (κ3) is 2.99. The summed E-state index contributed by atoms with van der Waals surface area (Å²) in [6.07, 6.45) is -0.831. The minimum absolute atomic E-state index is 0.452. The Morgan fingerprint density at radius 2 is 1.96 bits per heavy atom. The minimum atomic E-state index is -0.831. The van der Waals surface area contributed by atoms with Crippen LogP contribution in [0.1, 0.15) is 30.9 Å². The number of fused-ring (bicyclic) bond motifs is 1. The van der Waals surface area contributed by atoms with Crippen molar-refractivity contribution in [3.05, 3.63) is 59.7 Å². The first-order chi connectivity index (χ1) is 11.4. The smallest absolute Gasteiger partial charge is 0.130 e. The number of anilines is 1. The fourth-order valence-corrected chi connectivity index (χ4v) is 3.27. The number of nitrogens with one attached hydrogen (secondary N) is 1. The largest absolute Gasteiger partial charge is 0.485 e. The lowest BCUT2D eigenvalue weighted by molar-refractivity contribution is -0.0463. The highest BCUT2D eigenvalue weighted by atomic mass is 32.1. The molecule has 122 valence electrons. The molecule has 0 aliphatic carbocycles. The third-order valence-corrected chi connectivity index (χ3v) is 4.55. The molecule has 0 saturated carbocycles. The first kappa shape index (κ1) is 16.4. The van der Waals surface area contributed by atoms with E-state index in [2.05, 4.69) is 11.4 Å². The monoisotopic (exact) mass is 338 g/mol. The van der Waals surface area contributed by atoms with Gasteiger partial charge in [0.15, 0.2) is 0 Å². The lowest BCUT2D eigenvalue weighted by Crippen LogP contribution is -2.51. The SMILES string of the molecule is CC1(C)Oc2ccc(C#N)cc2[C@@H](C(=S)Nc2ccccc2)[C@H]1O. The van der Waals surface area contributed by atoms with Gasteiger partial charge in [0.05, 0.1) is 22.5 Å². The van der Waals surface area contributed by atoms with Crippen LogP contribution in [0, 0.1) is 11.3 Å². The molecule has 0 saturated heterocycles. The molecule has 2 aromatic rings. The second-order valence-corrected chi connectivity index (χ2v) is 6.79. The van der Waals surface area contributed by atoms with Crippen LogP contribution in [-0.4, -0.2) is 21.8 Å². The Bertz CT molecular complexity index is 812. The van der Waals surface area contributed by atoms with Gasteiger partial charge in [-0.2, -0.15) is 5.26 Å². The molecular weight excluding hydrogens is 320 g/mol. The van der Waals surface area contributed by atoms with Gasteiger partial charge in [-0.1, -0.05) is 30.4 Å². The summed E-state index contributed by atoms with van der Waals surface area (Å²) in [4.78, 5) is 0.501. The summed E-state index contributed by atoms with van der Waals surface area (Å²) in [6, 6.07) is 16.9. The summed E-state index contributed by atoms with van der Waals surface area (Å²) in [7, 11) is 0. The molecule has 0 radical (unpaired) electrons. The zero-order chi connectivity index (χ0) is 17.3. The van der Waals surface area contributed by atoms with Gasteiger partial charge >= 0.3 is 0 Å². The molecule has 0 aromatic heterocycles. The second kappa shape index (κ2) is 6.23. The number of hydrogen-bond acceptors (Lipinski definition) is 4. The number of aliphatic hydroxyl groups excluding tert-OH is 1. The first-order valence-corrected chi connectivity index (χ1v) is 8.10. The molecule has 5 heteroatoms. The topological polar surface area (TPSA) is 65.3 Å². The minimum Gasteiger partial charge on any atom is -0.485 e. The van der Waals surface area contributed by atoms with E-state index in [-0.39, 0.29) is 0 Å². The summed E-state index contributed by atoms with van der Waals surface area (Å²) in [5.74, 6) is 0.193.